The highest BCUT2D eigenvalue weighted by atomic mass is 15.2. The Labute approximate surface area is 120 Å². The van der Waals surface area contributed by atoms with Crippen molar-refractivity contribution in [2.45, 2.75) is 31.7 Å². The predicted octanol–water partition coefficient (Wildman–Crippen LogP) is 2.92. The summed E-state index contributed by atoms with van der Waals surface area (Å²) in [5.74, 6) is 0.892. The highest BCUT2D eigenvalue weighted by Gasteiger charge is 2.18. The zero-order valence-corrected chi connectivity index (χ0v) is 12.0. The number of nitrogens with zero attached hydrogens (tertiary/aromatic N) is 3. The van der Waals surface area contributed by atoms with Gasteiger partial charge in [0.25, 0.3) is 0 Å². The lowest BCUT2D eigenvalue weighted by Gasteiger charge is -2.24. The molecule has 1 aromatic carbocycles. The number of rotatable bonds is 5. The summed E-state index contributed by atoms with van der Waals surface area (Å²) in [5, 5.41) is 14.0. The first-order valence-electron chi connectivity index (χ1n) is 7.49. The second kappa shape index (κ2) is 6.18. The van der Waals surface area contributed by atoms with Gasteiger partial charge in [-0.2, -0.15) is 5.10 Å². The summed E-state index contributed by atoms with van der Waals surface area (Å²) in [5.41, 5.74) is 0. The third kappa shape index (κ3) is 2.90. The molecule has 0 radical (unpaired) electrons. The monoisotopic (exact) mass is 270 g/mol. The summed E-state index contributed by atoms with van der Waals surface area (Å²) >= 11 is 0. The molecule has 0 saturated heterocycles. The van der Waals surface area contributed by atoms with Crippen molar-refractivity contribution < 1.29 is 0 Å². The van der Waals surface area contributed by atoms with Gasteiger partial charge < -0.3 is 10.2 Å². The lowest BCUT2D eigenvalue weighted by molar-refractivity contribution is 0.254. The van der Waals surface area contributed by atoms with Gasteiger partial charge in [0.05, 0.1) is 6.20 Å². The topological polar surface area (TPSA) is 41.0 Å². The van der Waals surface area contributed by atoms with Gasteiger partial charge in [0.1, 0.15) is 0 Å². The largest absolute Gasteiger partial charge is 0.367 e. The van der Waals surface area contributed by atoms with Crippen LogP contribution in [0.15, 0.2) is 30.5 Å². The van der Waals surface area contributed by atoms with Gasteiger partial charge in [-0.25, -0.2) is 0 Å². The summed E-state index contributed by atoms with van der Waals surface area (Å²) in [4.78, 5) is 2.47. The Balaban J connectivity index is 1.59. The van der Waals surface area contributed by atoms with Gasteiger partial charge in [-0.1, -0.05) is 37.1 Å². The number of benzene rings is 1. The van der Waals surface area contributed by atoms with Crippen molar-refractivity contribution in [1.29, 1.82) is 0 Å². The molecule has 1 saturated carbocycles. The van der Waals surface area contributed by atoms with Crippen molar-refractivity contribution in [2.24, 2.45) is 0 Å². The van der Waals surface area contributed by atoms with Crippen molar-refractivity contribution in [3.63, 3.8) is 0 Å². The van der Waals surface area contributed by atoms with E-state index in [0.717, 1.165) is 35.7 Å². The van der Waals surface area contributed by atoms with Crippen LogP contribution in [0, 0.1) is 0 Å². The molecule has 1 N–H and O–H groups in total. The fourth-order valence-corrected chi connectivity index (χ4v) is 3.04. The van der Waals surface area contributed by atoms with E-state index >= 15 is 0 Å². The molecule has 3 rings (SSSR count). The van der Waals surface area contributed by atoms with Crippen LogP contribution in [0.1, 0.15) is 25.7 Å². The lowest BCUT2D eigenvalue weighted by atomic mass is 10.2. The smallest absolute Gasteiger partial charge is 0.156 e. The Kier molecular flexibility index (Phi) is 4.11. The first-order valence-corrected chi connectivity index (χ1v) is 7.49. The van der Waals surface area contributed by atoms with E-state index in [9.17, 15) is 0 Å². The molecule has 0 spiro atoms. The summed E-state index contributed by atoms with van der Waals surface area (Å²) in [7, 11) is 2.23. The first-order chi connectivity index (χ1) is 9.84. The van der Waals surface area contributed by atoms with Crippen molar-refractivity contribution in [1.82, 2.24) is 15.1 Å². The Morgan fingerprint density at radius 3 is 2.90 bits per heavy atom. The molecule has 0 atom stereocenters. The molecule has 1 fully saturated rings. The van der Waals surface area contributed by atoms with E-state index in [1.807, 2.05) is 18.3 Å². The molecule has 1 heterocycles. The van der Waals surface area contributed by atoms with Crippen LogP contribution in [0.3, 0.4) is 0 Å². The number of aromatic nitrogens is 2. The SMILES string of the molecule is CN(CCNc1nncc2ccccc12)C1CCCC1. The summed E-state index contributed by atoms with van der Waals surface area (Å²) in [6.07, 6.45) is 7.29. The fraction of sp³-hybridized carbons (Fsp3) is 0.500. The van der Waals surface area contributed by atoms with E-state index in [0.29, 0.717) is 0 Å². The van der Waals surface area contributed by atoms with E-state index < -0.39 is 0 Å². The minimum atomic E-state index is 0.774. The predicted molar refractivity (Wildman–Crippen MR) is 82.9 cm³/mol. The number of hydrogen-bond acceptors (Lipinski definition) is 4. The quantitative estimate of drug-likeness (QED) is 0.907. The highest BCUT2D eigenvalue weighted by Crippen LogP contribution is 2.22. The second-order valence-electron chi connectivity index (χ2n) is 5.63. The maximum atomic E-state index is 4.22. The van der Waals surface area contributed by atoms with E-state index in [2.05, 4.69) is 39.6 Å². The third-order valence-corrected chi connectivity index (χ3v) is 4.28. The molecule has 0 aliphatic heterocycles. The Morgan fingerprint density at radius 2 is 2.05 bits per heavy atom. The van der Waals surface area contributed by atoms with E-state index in [4.69, 9.17) is 0 Å². The molecule has 20 heavy (non-hydrogen) atoms. The van der Waals surface area contributed by atoms with E-state index in [-0.39, 0.29) is 0 Å². The van der Waals surface area contributed by atoms with Crippen molar-refractivity contribution in [3.05, 3.63) is 30.5 Å². The number of nitrogens with one attached hydrogen (secondary N) is 1. The van der Waals surface area contributed by atoms with Gasteiger partial charge in [-0.05, 0) is 19.9 Å². The van der Waals surface area contributed by atoms with Gasteiger partial charge in [0.15, 0.2) is 5.82 Å². The van der Waals surface area contributed by atoms with Crippen LogP contribution < -0.4 is 5.32 Å². The van der Waals surface area contributed by atoms with Gasteiger partial charge in [-0.15, -0.1) is 5.10 Å². The maximum Gasteiger partial charge on any atom is 0.156 e. The van der Waals surface area contributed by atoms with Crippen molar-refractivity contribution in [2.75, 3.05) is 25.5 Å². The number of fused-ring (bicyclic) bond motifs is 1. The summed E-state index contributed by atoms with van der Waals surface area (Å²) in [6, 6.07) is 9.00. The minimum Gasteiger partial charge on any atom is -0.367 e. The van der Waals surface area contributed by atoms with Crippen molar-refractivity contribution in [3.8, 4) is 0 Å². The number of likely N-dealkylation sites (N-methyl/N-ethyl adjacent to an activating group) is 1. The normalized spacial score (nSPS) is 16.1. The average Bonchev–Trinajstić information content (AvgIpc) is 3.02. The molecule has 1 aromatic heterocycles. The van der Waals surface area contributed by atoms with Crippen LogP contribution in [0.2, 0.25) is 0 Å². The molecule has 0 unspecified atom stereocenters. The van der Waals surface area contributed by atoms with Gasteiger partial charge in [-0.3, -0.25) is 0 Å². The third-order valence-electron chi connectivity index (χ3n) is 4.28. The van der Waals surface area contributed by atoms with Crippen LogP contribution in [0.25, 0.3) is 10.8 Å². The van der Waals surface area contributed by atoms with Crippen LogP contribution in [0.4, 0.5) is 5.82 Å². The molecule has 1 aliphatic carbocycles. The molecule has 106 valence electrons. The molecule has 0 bridgehead atoms. The van der Waals surface area contributed by atoms with Crippen LogP contribution >= 0.6 is 0 Å². The van der Waals surface area contributed by atoms with Crippen molar-refractivity contribution >= 4 is 16.6 Å². The van der Waals surface area contributed by atoms with Crippen LogP contribution in [0.5, 0.6) is 0 Å². The lowest BCUT2D eigenvalue weighted by Crippen LogP contribution is -2.33. The van der Waals surface area contributed by atoms with Gasteiger partial charge in [0, 0.05) is 29.9 Å². The van der Waals surface area contributed by atoms with E-state index in [1.165, 1.54) is 25.7 Å². The number of anilines is 1. The molecule has 0 amide bonds. The Morgan fingerprint density at radius 1 is 1.25 bits per heavy atom. The Bertz CT molecular complexity index is 558. The fourth-order valence-electron chi connectivity index (χ4n) is 3.04. The second-order valence-corrected chi connectivity index (χ2v) is 5.63. The maximum absolute atomic E-state index is 4.22. The summed E-state index contributed by atoms with van der Waals surface area (Å²) < 4.78 is 0. The molecule has 1 aliphatic rings. The standard InChI is InChI=1S/C16H22N4/c1-20(14-7-3-4-8-14)11-10-17-16-15-9-5-2-6-13(15)12-18-19-16/h2,5-6,9,12,14H,3-4,7-8,10-11H2,1H3,(H,17,19). The molecule has 4 nitrogen and oxygen atoms in total. The van der Waals surface area contributed by atoms with Crippen LogP contribution in [-0.4, -0.2) is 41.3 Å². The number of hydrogen-bond donors (Lipinski definition) is 1. The minimum absolute atomic E-state index is 0.774. The first kappa shape index (κ1) is 13.3. The Hall–Kier alpha value is -1.68. The van der Waals surface area contributed by atoms with Gasteiger partial charge >= 0.3 is 0 Å². The average molecular weight is 270 g/mol. The highest BCUT2D eigenvalue weighted by molar-refractivity contribution is 5.90. The molecular formula is C16H22N4. The van der Waals surface area contributed by atoms with E-state index in [1.54, 1.807) is 0 Å². The zero-order chi connectivity index (χ0) is 13.8. The molecule has 2 aromatic rings. The zero-order valence-electron chi connectivity index (χ0n) is 12.0. The van der Waals surface area contributed by atoms with Gasteiger partial charge in [0.2, 0.25) is 0 Å². The summed E-state index contributed by atoms with van der Waals surface area (Å²) in [6.45, 7) is 1.96. The van der Waals surface area contributed by atoms with Crippen LogP contribution in [-0.2, 0) is 0 Å². The molecular weight excluding hydrogens is 248 g/mol. The molecule has 4 heteroatoms.